The maximum atomic E-state index is 14.7. The number of Topliss-reactive ketones (excluding diaryl/α,β-unsaturated/α-hetero) is 1. The SMILES string of the molecule is O=C1C(=O)N(Cc2ccccn2)C(c2ccccc2F)/C1=C(/O)c1ccccc1. The summed E-state index contributed by atoms with van der Waals surface area (Å²) in [6, 6.07) is 18.5. The Balaban J connectivity index is 1.89. The summed E-state index contributed by atoms with van der Waals surface area (Å²) in [6.45, 7) is 0.00990. The van der Waals surface area contributed by atoms with E-state index in [9.17, 15) is 19.1 Å². The van der Waals surface area contributed by atoms with Gasteiger partial charge in [0.1, 0.15) is 11.6 Å². The van der Waals surface area contributed by atoms with Gasteiger partial charge in [-0.3, -0.25) is 14.6 Å². The van der Waals surface area contributed by atoms with Gasteiger partial charge in [0.25, 0.3) is 11.7 Å². The molecule has 0 radical (unpaired) electrons. The Morgan fingerprint density at radius 2 is 1.66 bits per heavy atom. The third kappa shape index (κ3) is 3.40. The second kappa shape index (κ2) is 7.67. The van der Waals surface area contributed by atoms with Crippen LogP contribution in [0.25, 0.3) is 5.76 Å². The van der Waals surface area contributed by atoms with Crippen LogP contribution in [0, 0.1) is 5.82 Å². The van der Waals surface area contributed by atoms with Gasteiger partial charge >= 0.3 is 0 Å². The van der Waals surface area contributed by atoms with E-state index < -0.39 is 23.5 Å². The zero-order valence-electron chi connectivity index (χ0n) is 15.3. The van der Waals surface area contributed by atoms with E-state index >= 15 is 0 Å². The van der Waals surface area contributed by atoms with Crippen molar-refractivity contribution in [3.05, 3.63) is 107 Å². The van der Waals surface area contributed by atoms with Gasteiger partial charge in [-0.25, -0.2) is 4.39 Å². The average Bonchev–Trinajstić information content (AvgIpc) is 3.00. The minimum absolute atomic E-state index is 0.00990. The third-order valence-corrected chi connectivity index (χ3v) is 4.85. The summed E-state index contributed by atoms with van der Waals surface area (Å²) in [6.07, 6.45) is 1.58. The standard InChI is InChI=1S/C23H17FN2O3/c24-18-12-5-4-11-17(18)20-19(21(27)15-8-2-1-3-9-15)22(28)23(29)26(20)14-16-10-6-7-13-25-16/h1-13,20,27H,14H2/b21-19-. The van der Waals surface area contributed by atoms with Crippen LogP contribution in [0.5, 0.6) is 0 Å². The minimum atomic E-state index is -1.06. The van der Waals surface area contributed by atoms with Crippen LogP contribution < -0.4 is 0 Å². The van der Waals surface area contributed by atoms with Crippen molar-refractivity contribution in [3.8, 4) is 0 Å². The molecule has 1 aliphatic heterocycles. The number of aliphatic hydroxyl groups is 1. The molecule has 29 heavy (non-hydrogen) atoms. The van der Waals surface area contributed by atoms with Crippen LogP contribution in [0.4, 0.5) is 4.39 Å². The average molecular weight is 388 g/mol. The van der Waals surface area contributed by atoms with Crippen LogP contribution in [-0.2, 0) is 16.1 Å². The zero-order chi connectivity index (χ0) is 20.4. The van der Waals surface area contributed by atoms with E-state index in [1.54, 1.807) is 60.8 Å². The molecule has 1 unspecified atom stereocenters. The number of ketones is 1. The van der Waals surface area contributed by atoms with Gasteiger partial charge in [-0.15, -0.1) is 0 Å². The summed E-state index contributed by atoms with van der Waals surface area (Å²) in [4.78, 5) is 31.1. The molecule has 1 atom stereocenters. The number of carbonyl (C=O) groups excluding carboxylic acids is 2. The molecule has 4 rings (SSSR count). The highest BCUT2D eigenvalue weighted by Gasteiger charge is 2.47. The lowest BCUT2D eigenvalue weighted by atomic mass is 9.95. The molecule has 3 aromatic rings. The largest absolute Gasteiger partial charge is 0.507 e. The number of benzene rings is 2. The molecule has 1 amide bonds. The summed E-state index contributed by atoms with van der Waals surface area (Å²) in [5.74, 6) is -2.55. The number of amides is 1. The lowest BCUT2D eigenvalue weighted by Gasteiger charge is -2.25. The summed E-state index contributed by atoms with van der Waals surface area (Å²) in [7, 11) is 0. The maximum Gasteiger partial charge on any atom is 0.296 e. The highest BCUT2D eigenvalue weighted by atomic mass is 19.1. The second-order valence-electron chi connectivity index (χ2n) is 6.64. The molecule has 0 saturated carbocycles. The number of aliphatic hydroxyl groups excluding tert-OH is 1. The monoisotopic (exact) mass is 388 g/mol. The number of hydrogen-bond donors (Lipinski definition) is 1. The molecular weight excluding hydrogens is 371 g/mol. The first kappa shape index (κ1) is 18.6. The summed E-state index contributed by atoms with van der Waals surface area (Å²) in [5.41, 5.74) is 0.933. The Morgan fingerprint density at radius 3 is 2.34 bits per heavy atom. The Bertz CT molecular complexity index is 1100. The van der Waals surface area contributed by atoms with Crippen molar-refractivity contribution in [1.29, 1.82) is 0 Å². The molecule has 0 bridgehead atoms. The van der Waals surface area contributed by atoms with Gasteiger partial charge in [-0.1, -0.05) is 54.6 Å². The predicted octanol–water partition coefficient (Wildman–Crippen LogP) is 3.84. The first-order valence-corrected chi connectivity index (χ1v) is 9.06. The lowest BCUT2D eigenvalue weighted by Crippen LogP contribution is -2.30. The highest BCUT2D eigenvalue weighted by molar-refractivity contribution is 6.46. The van der Waals surface area contributed by atoms with Gasteiger partial charge in [0.15, 0.2) is 0 Å². The maximum absolute atomic E-state index is 14.7. The number of carbonyl (C=O) groups is 2. The summed E-state index contributed by atoms with van der Waals surface area (Å²) < 4.78 is 14.7. The van der Waals surface area contributed by atoms with Crippen LogP contribution in [0.2, 0.25) is 0 Å². The van der Waals surface area contributed by atoms with Crippen molar-refractivity contribution in [3.63, 3.8) is 0 Å². The first-order chi connectivity index (χ1) is 14.1. The normalized spacial score (nSPS) is 18.2. The Labute approximate surface area is 166 Å². The van der Waals surface area contributed by atoms with Gasteiger partial charge in [-0.05, 0) is 18.2 Å². The third-order valence-electron chi connectivity index (χ3n) is 4.85. The molecule has 0 spiro atoms. The number of aromatic nitrogens is 1. The molecule has 2 heterocycles. The van der Waals surface area contributed by atoms with Gasteiger partial charge in [0, 0.05) is 17.3 Å². The van der Waals surface area contributed by atoms with E-state index in [-0.39, 0.29) is 23.4 Å². The minimum Gasteiger partial charge on any atom is -0.507 e. The van der Waals surface area contributed by atoms with Gasteiger partial charge < -0.3 is 10.0 Å². The van der Waals surface area contributed by atoms with E-state index in [1.165, 1.54) is 23.1 Å². The molecule has 1 aliphatic rings. The topological polar surface area (TPSA) is 70.5 Å². The molecule has 1 aromatic heterocycles. The van der Waals surface area contributed by atoms with Gasteiger partial charge in [0.2, 0.25) is 0 Å². The van der Waals surface area contributed by atoms with Crippen molar-refractivity contribution >= 4 is 17.4 Å². The Kier molecular flexibility index (Phi) is 4.91. The smallest absolute Gasteiger partial charge is 0.296 e. The number of nitrogens with zero attached hydrogens (tertiary/aromatic N) is 2. The quantitative estimate of drug-likeness (QED) is 0.419. The molecule has 1 N–H and O–H groups in total. The fourth-order valence-electron chi connectivity index (χ4n) is 3.48. The molecule has 144 valence electrons. The highest BCUT2D eigenvalue weighted by Crippen LogP contribution is 2.40. The van der Waals surface area contributed by atoms with E-state index in [0.29, 0.717) is 11.3 Å². The number of rotatable bonds is 4. The molecule has 1 saturated heterocycles. The summed E-state index contributed by atoms with van der Waals surface area (Å²) >= 11 is 0. The van der Waals surface area contributed by atoms with E-state index in [2.05, 4.69) is 4.98 Å². The van der Waals surface area contributed by atoms with Crippen LogP contribution in [0.1, 0.15) is 22.9 Å². The van der Waals surface area contributed by atoms with Crippen molar-refractivity contribution in [2.24, 2.45) is 0 Å². The van der Waals surface area contributed by atoms with Crippen molar-refractivity contribution < 1.29 is 19.1 Å². The molecule has 0 aliphatic carbocycles. The van der Waals surface area contributed by atoms with Crippen LogP contribution in [-0.4, -0.2) is 26.7 Å². The summed E-state index contributed by atoms with van der Waals surface area (Å²) in [5, 5.41) is 10.9. The Morgan fingerprint density at radius 1 is 0.966 bits per heavy atom. The molecule has 1 fully saturated rings. The second-order valence-corrected chi connectivity index (χ2v) is 6.64. The zero-order valence-corrected chi connectivity index (χ0v) is 15.3. The van der Waals surface area contributed by atoms with E-state index in [1.807, 2.05) is 0 Å². The van der Waals surface area contributed by atoms with Crippen LogP contribution in [0.3, 0.4) is 0 Å². The number of likely N-dealkylation sites (tertiary alicyclic amines) is 1. The Hall–Kier alpha value is -3.80. The van der Waals surface area contributed by atoms with Gasteiger partial charge in [0.05, 0.1) is 23.9 Å². The van der Waals surface area contributed by atoms with Crippen molar-refractivity contribution in [1.82, 2.24) is 9.88 Å². The van der Waals surface area contributed by atoms with Crippen molar-refractivity contribution in [2.75, 3.05) is 0 Å². The van der Waals surface area contributed by atoms with E-state index in [4.69, 9.17) is 0 Å². The predicted molar refractivity (Wildman–Crippen MR) is 105 cm³/mol. The number of pyridine rings is 1. The number of halogens is 1. The van der Waals surface area contributed by atoms with Crippen LogP contribution in [0.15, 0.2) is 84.6 Å². The van der Waals surface area contributed by atoms with E-state index in [0.717, 1.165) is 0 Å². The van der Waals surface area contributed by atoms with Gasteiger partial charge in [-0.2, -0.15) is 0 Å². The molecule has 6 heteroatoms. The molecule has 5 nitrogen and oxygen atoms in total. The number of hydrogen-bond acceptors (Lipinski definition) is 4. The van der Waals surface area contributed by atoms with Crippen molar-refractivity contribution in [2.45, 2.75) is 12.6 Å². The van der Waals surface area contributed by atoms with Crippen LogP contribution >= 0.6 is 0 Å². The molecule has 2 aromatic carbocycles. The fourth-order valence-corrected chi connectivity index (χ4v) is 3.48. The lowest BCUT2D eigenvalue weighted by molar-refractivity contribution is -0.140. The molecular formula is C23H17FN2O3. The fraction of sp³-hybridized carbons (Fsp3) is 0.0870. The first-order valence-electron chi connectivity index (χ1n) is 9.06.